The first kappa shape index (κ1) is 25.7. The number of unbranched alkanes of at least 4 members (excludes halogenated alkanes) is 1. The van der Waals surface area contributed by atoms with Gasteiger partial charge >= 0.3 is 0 Å². The van der Waals surface area contributed by atoms with E-state index in [1.807, 2.05) is 0 Å². The Labute approximate surface area is 192 Å². The Balaban J connectivity index is 2.69. The third kappa shape index (κ3) is 6.46. The van der Waals surface area contributed by atoms with Crippen molar-refractivity contribution in [2.45, 2.75) is 71.4 Å². The van der Waals surface area contributed by atoms with Crippen LogP contribution < -0.4 is 14.9 Å². The maximum absolute atomic E-state index is 6.20. The van der Waals surface area contributed by atoms with E-state index in [1.54, 1.807) is 7.11 Å². The largest absolute Gasteiger partial charge is 0.467 e. The number of anilines is 1. The summed E-state index contributed by atoms with van der Waals surface area (Å²) in [6.07, 6.45) is 3.50. The summed E-state index contributed by atoms with van der Waals surface area (Å²) in [6.45, 7) is 14.0. The van der Waals surface area contributed by atoms with Crippen LogP contribution in [0.5, 0.6) is 5.75 Å². The number of para-hydroxylation sites is 1. The minimum Gasteiger partial charge on any atom is -0.467 e. The molecule has 0 aromatic heterocycles. The molecule has 2 aromatic rings. The highest BCUT2D eigenvalue weighted by atomic mass is 31.1. The van der Waals surface area contributed by atoms with E-state index in [-0.39, 0.29) is 17.4 Å². The molecule has 2 unspecified atom stereocenters. The highest BCUT2D eigenvalue weighted by molar-refractivity contribution is 7.49. The van der Waals surface area contributed by atoms with Crippen molar-refractivity contribution in [1.82, 2.24) is 0 Å². The smallest absolute Gasteiger partial charge is 0.188 e. The lowest BCUT2D eigenvalue weighted by Crippen LogP contribution is -2.25. The SMILES string of the molecule is CCCCC(C)(Pc1ccccc1N(C)C)c1cc(C(C)(C)C)cc(C)c1OCOC. The molecule has 2 aromatic carbocycles. The van der Waals surface area contributed by atoms with E-state index < -0.39 is 0 Å². The van der Waals surface area contributed by atoms with Crippen LogP contribution in [0.3, 0.4) is 0 Å². The van der Waals surface area contributed by atoms with Crippen molar-refractivity contribution in [2.24, 2.45) is 0 Å². The third-order valence-corrected chi connectivity index (χ3v) is 7.65. The number of benzene rings is 2. The normalized spacial score (nSPS) is 14.1. The summed E-state index contributed by atoms with van der Waals surface area (Å²) in [4.78, 5) is 2.22. The molecule has 0 aliphatic heterocycles. The molecule has 0 spiro atoms. The van der Waals surface area contributed by atoms with E-state index >= 15 is 0 Å². The summed E-state index contributed by atoms with van der Waals surface area (Å²) < 4.78 is 11.5. The molecular weight excluding hydrogens is 401 g/mol. The topological polar surface area (TPSA) is 21.7 Å². The zero-order chi connectivity index (χ0) is 23.2. The lowest BCUT2D eigenvalue weighted by molar-refractivity contribution is 0.0495. The van der Waals surface area contributed by atoms with Crippen molar-refractivity contribution in [1.29, 1.82) is 0 Å². The molecule has 0 N–H and O–H groups in total. The molecule has 0 saturated heterocycles. The fraction of sp³-hybridized carbons (Fsp3) is 0.556. The van der Waals surface area contributed by atoms with Crippen molar-refractivity contribution >= 4 is 19.6 Å². The van der Waals surface area contributed by atoms with Gasteiger partial charge in [0.1, 0.15) is 5.75 Å². The monoisotopic (exact) mass is 443 g/mol. The molecule has 0 saturated carbocycles. The van der Waals surface area contributed by atoms with Gasteiger partial charge in [0.25, 0.3) is 0 Å². The maximum Gasteiger partial charge on any atom is 0.188 e. The van der Waals surface area contributed by atoms with Gasteiger partial charge in [0, 0.05) is 37.6 Å². The van der Waals surface area contributed by atoms with Crippen molar-refractivity contribution in [3.63, 3.8) is 0 Å². The Morgan fingerprint density at radius 1 is 1.03 bits per heavy atom. The molecule has 172 valence electrons. The number of rotatable bonds is 10. The predicted molar refractivity (Wildman–Crippen MR) is 138 cm³/mol. The Morgan fingerprint density at radius 2 is 1.71 bits per heavy atom. The summed E-state index contributed by atoms with van der Waals surface area (Å²) in [5.41, 5.74) is 5.24. The molecule has 0 fully saturated rings. The van der Waals surface area contributed by atoms with Crippen LogP contribution in [0.15, 0.2) is 36.4 Å². The van der Waals surface area contributed by atoms with E-state index in [1.165, 1.54) is 40.5 Å². The number of methoxy groups -OCH3 is 1. The average Bonchev–Trinajstić information content (AvgIpc) is 2.70. The third-order valence-electron chi connectivity index (χ3n) is 5.88. The molecule has 3 nitrogen and oxygen atoms in total. The number of nitrogens with zero attached hydrogens (tertiary/aromatic N) is 1. The molecule has 4 heteroatoms. The molecule has 2 rings (SSSR count). The molecular formula is C27H42NO2P. The van der Waals surface area contributed by atoms with Gasteiger partial charge in [-0.05, 0) is 41.3 Å². The molecule has 0 heterocycles. The zero-order valence-electron chi connectivity index (χ0n) is 21.1. The molecule has 31 heavy (non-hydrogen) atoms. The highest BCUT2D eigenvalue weighted by Crippen LogP contribution is 2.51. The van der Waals surface area contributed by atoms with Gasteiger partial charge in [-0.25, -0.2) is 0 Å². The summed E-state index contributed by atoms with van der Waals surface area (Å²) >= 11 is 0. The molecule has 0 radical (unpaired) electrons. The summed E-state index contributed by atoms with van der Waals surface area (Å²) in [7, 11) is 6.59. The average molecular weight is 444 g/mol. The molecule has 2 atom stereocenters. The van der Waals surface area contributed by atoms with Gasteiger partial charge in [0.05, 0.1) is 0 Å². The first-order chi connectivity index (χ1) is 14.5. The van der Waals surface area contributed by atoms with Crippen LogP contribution >= 0.6 is 8.58 Å². The number of hydrogen-bond donors (Lipinski definition) is 0. The number of hydrogen-bond acceptors (Lipinski definition) is 3. The second-order valence-corrected chi connectivity index (χ2v) is 11.8. The van der Waals surface area contributed by atoms with Crippen molar-refractivity contribution in [2.75, 3.05) is 32.9 Å². The first-order valence-corrected chi connectivity index (χ1v) is 12.4. The summed E-state index contributed by atoms with van der Waals surface area (Å²) in [5, 5.41) is 1.39. The summed E-state index contributed by atoms with van der Waals surface area (Å²) in [5.74, 6) is 0.989. The second kappa shape index (κ2) is 10.8. The van der Waals surface area contributed by atoms with E-state index in [2.05, 4.69) is 96.9 Å². The van der Waals surface area contributed by atoms with Gasteiger partial charge in [0.2, 0.25) is 0 Å². The van der Waals surface area contributed by atoms with Crippen molar-refractivity contribution < 1.29 is 9.47 Å². The fourth-order valence-electron chi connectivity index (χ4n) is 3.99. The number of ether oxygens (including phenoxy) is 2. The van der Waals surface area contributed by atoms with Gasteiger partial charge in [-0.15, -0.1) is 0 Å². The van der Waals surface area contributed by atoms with Gasteiger partial charge in [-0.3, -0.25) is 0 Å². The Bertz CT molecular complexity index is 857. The van der Waals surface area contributed by atoms with Crippen LogP contribution in [0.4, 0.5) is 5.69 Å². The predicted octanol–water partition coefficient (Wildman–Crippen LogP) is 6.75. The fourth-order valence-corrected chi connectivity index (χ4v) is 5.82. The first-order valence-electron chi connectivity index (χ1n) is 11.4. The van der Waals surface area contributed by atoms with Crippen LogP contribution in [0.25, 0.3) is 0 Å². The van der Waals surface area contributed by atoms with E-state index in [4.69, 9.17) is 9.47 Å². The Kier molecular flexibility index (Phi) is 8.98. The lowest BCUT2D eigenvalue weighted by Gasteiger charge is -2.35. The maximum atomic E-state index is 6.20. The lowest BCUT2D eigenvalue weighted by atomic mass is 9.82. The summed E-state index contributed by atoms with van der Waals surface area (Å²) in [6, 6.07) is 13.5. The van der Waals surface area contributed by atoms with Gasteiger partial charge in [-0.2, -0.15) is 0 Å². The van der Waals surface area contributed by atoms with E-state index in [0.717, 1.165) is 12.2 Å². The van der Waals surface area contributed by atoms with E-state index in [9.17, 15) is 0 Å². The van der Waals surface area contributed by atoms with E-state index in [0.29, 0.717) is 8.58 Å². The standard InChI is InChI=1S/C27H42NO2P/c1-10-11-16-27(6,31-24-15-13-12-14-23(24)28(7)8)22-18-21(26(3,4)5)17-20(2)25(22)30-19-29-9/h12-15,17-18,31H,10-11,16,19H2,1-9H3. The van der Waals surface area contributed by atoms with Crippen LogP contribution in [0.1, 0.15) is 70.6 Å². The minimum absolute atomic E-state index is 0.0166. The Morgan fingerprint density at radius 3 is 2.29 bits per heavy atom. The van der Waals surface area contributed by atoms with Crippen molar-refractivity contribution in [3.05, 3.63) is 53.1 Å². The molecule has 0 bridgehead atoms. The van der Waals surface area contributed by atoms with Crippen LogP contribution in [-0.4, -0.2) is 28.0 Å². The quantitative estimate of drug-likeness (QED) is 0.299. The highest BCUT2D eigenvalue weighted by Gasteiger charge is 2.33. The molecule has 0 aliphatic rings. The van der Waals surface area contributed by atoms with Gasteiger partial charge < -0.3 is 14.4 Å². The number of aryl methyl sites for hydroxylation is 1. The van der Waals surface area contributed by atoms with Gasteiger partial charge in [-0.1, -0.05) is 86.4 Å². The van der Waals surface area contributed by atoms with Gasteiger partial charge in [0.15, 0.2) is 6.79 Å². The second-order valence-electron chi connectivity index (χ2n) is 9.94. The molecule has 0 amide bonds. The van der Waals surface area contributed by atoms with Crippen LogP contribution in [-0.2, 0) is 15.3 Å². The van der Waals surface area contributed by atoms with Crippen molar-refractivity contribution in [3.8, 4) is 5.75 Å². The molecule has 0 aliphatic carbocycles. The minimum atomic E-state index is -0.0166. The Hall–Kier alpha value is -1.57. The van der Waals surface area contributed by atoms with Crippen LogP contribution in [0.2, 0.25) is 0 Å². The van der Waals surface area contributed by atoms with Crippen LogP contribution in [0, 0.1) is 6.92 Å². The zero-order valence-corrected chi connectivity index (χ0v) is 22.1.